The number of allylic oxidation sites excluding steroid dienone is 5. The van der Waals surface area contributed by atoms with E-state index in [1.807, 2.05) is 13.8 Å². The van der Waals surface area contributed by atoms with Crippen molar-refractivity contribution in [2.75, 3.05) is 13.2 Å². The van der Waals surface area contributed by atoms with Gasteiger partial charge in [0.1, 0.15) is 6.61 Å². The molecular formula is C11H15NO4PS+. The van der Waals surface area contributed by atoms with Crippen molar-refractivity contribution in [3.63, 3.8) is 0 Å². The van der Waals surface area contributed by atoms with Crippen LogP contribution < -0.4 is 0 Å². The summed E-state index contributed by atoms with van der Waals surface area (Å²) in [6, 6.07) is 0. The Morgan fingerprint density at radius 3 is 2.50 bits per heavy atom. The van der Waals surface area contributed by atoms with E-state index in [-0.39, 0.29) is 5.78 Å². The lowest BCUT2D eigenvalue weighted by molar-refractivity contribution is -0.278. The summed E-state index contributed by atoms with van der Waals surface area (Å²) < 4.78 is 10.4. The topological polar surface area (TPSA) is 48.0 Å². The molecule has 5 nitrogen and oxygen atoms in total. The molecule has 0 aromatic carbocycles. The van der Waals surface area contributed by atoms with Crippen molar-refractivity contribution in [1.29, 1.82) is 0 Å². The van der Waals surface area contributed by atoms with Crippen molar-refractivity contribution in [1.82, 2.24) is 5.23 Å². The normalized spacial score (nSPS) is 14.9. The van der Waals surface area contributed by atoms with Gasteiger partial charge in [-0.05, 0) is 43.7 Å². The molecule has 0 radical (unpaired) electrons. The van der Waals surface area contributed by atoms with E-state index in [1.54, 1.807) is 18.4 Å². The van der Waals surface area contributed by atoms with E-state index in [2.05, 4.69) is 0 Å². The van der Waals surface area contributed by atoms with Crippen LogP contribution in [0, 0.1) is 0 Å². The molecule has 7 heteroatoms. The molecule has 1 unspecified atom stereocenters. The summed E-state index contributed by atoms with van der Waals surface area (Å²) in [5.41, 5.74) is 0.776. The highest BCUT2D eigenvalue weighted by atomic mass is 32.4. The maximum absolute atomic E-state index is 11.0. The summed E-state index contributed by atoms with van der Waals surface area (Å²) in [5.74, 6) is -0.0455. The van der Waals surface area contributed by atoms with Crippen molar-refractivity contribution in [3.8, 4) is 0 Å². The van der Waals surface area contributed by atoms with Gasteiger partial charge in [-0.1, -0.05) is 5.23 Å². The molecule has 0 bridgehead atoms. The van der Waals surface area contributed by atoms with E-state index < -0.39 is 7.15 Å². The van der Waals surface area contributed by atoms with Crippen LogP contribution in [-0.4, -0.2) is 24.2 Å². The minimum absolute atomic E-state index is 0.0455. The van der Waals surface area contributed by atoms with Crippen LogP contribution in [0.3, 0.4) is 0 Å². The summed E-state index contributed by atoms with van der Waals surface area (Å²) in [6.07, 6.45) is 7.88. The first-order chi connectivity index (χ1) is 8.65. The van der Waals surface area contributed by atoms with E-state index in [0.29, 0.717) is 13.2 Å². The fourth-order valence-electron chi connectivity index (χ4n) is 1.08. The van der Waals surface area contributed by atoms with Gasteiger partial charge >= 0.3 is 7.15 Å². The van der Waals surface area contributed by atoms with Gasteiger partial charge in [-0.2, -0.15) is 0 Å². The third-order valence-electron chi connectivity index (χ3n) is 1.77. The lowest BCUT2D eigenvalue weighted by Gasteiger charge is -2.12. The van der Waals surface area contributed by atoms with E-state index in [4.69, 9.17) is 25.8 Å². The summed E-state index contributed by atoms with van der Waals surface area (Å²) in [4.78, 5) is 16.2. The Bertz CT molecular complexity index is 388. The Balaban J connectivity index is 2.65. The molecule has 0 aliphatic heterocycles. The highest BCUT2D eigenvalue weighted by molar-refractivity contribution is 8.00. The van der Waals surface area contributed by atoms with Crippen LogP contribution in [0.4, 0.5) is 0 Å². The van der Waals surface area contributed by atoms with Crippen LogP contribution >= 0.6 is 7.15 Å². The van der Waals surface area contributed by atoms with Crippen molar-refractivity contribution < 1.29 is 18.8 Å². The summed E-state index contributed by atoms with van der Waals surface area (Å²) in [5, 5.41) is 1.17. The number of hydroxylamine groups is 2. The number of hydrogen-bond acceptors (Lipinski definition) is 6. The van der Waals surface area contributed by atoms with Gasteiger partial charge in [-0.25, -0.2) is 4.84 Å². The Morgan fingerprint density at radius 2 is 1.94 bits per heavy atom. The molecule has 0 amide bonds. The van der Waals surface area contributed by atoms with E-state index in [1.165, 1.54) is 17.4 Å². The molecule has 0 saturated heterocycles. The van der Waals surface area contributed by atoms with E-state index in [9.17, 15) is 4.79 Å². The third-order valence-corrected chi connectivity index (χ3v) is 3.05. The Kier molecular flexibility index (Phi) is 6.93. The van der Waals surface area contributed by atoms with Crippen molar-refractivity contribution in [2.24, 2.45) is 0 Å². The minimum Gasteiger partial charge on any atom is -0.290 e. The molecule has 1 rings (SSSR count). The molecular weight excluding hydrogens is 273 g/mol. The van der Waals surface area contributed by atoms with Crippen LogP contribution in [0.1, 0.15) is 13.8 Å². The highest BCUT2D eigenvalue weighted by Gasteiger charge is 2.19. The largest absolute Gasteiger partial charge is 0.548 e. The zero-order valence-electron chi connectivity index (χ0n) is 10.2. The van der Waals surface area contributed by atoms with Gasteiger partial charge in [0.2, 0.25) is 11.8 Å². The average Bonchev–Trinajstić information content (AvgIpc) is 2.32. The summed E-state index contributed by atoms with van der Waals surface area (Å²) in [7, 11) is -1.44. The third kappa shape index (κ3) is 5.62. The van der Waals surface area contributed by atoms with Gasteiger partial charge in [-0.3, -0.25) is 4.79 Å². The first-order valence-corrected chi connectivity index (χ1v) is 7.67. The Morgan fingerprint density at radius 1 is 1.28 bits per heavy atom. The van der Waals surface area contributed by atoms with Crippen molar-refractivity contribution in [2.45, 2.75) is 13.8 Å². The predicted molar refractivity (Wildman–Crippen MR) is 71.8 cm³/mol. The lowest BCUT2D eigenvalue weighted by atomic mass is 10.1. The molecule has 1 aliphatic carbocycles. The Labute approximate surface area is 112 Å². The Hall–Kier alpha value is -0.910. The molecule has 18 heavy (non-hydrogen) atoms. The van der Waals surface area contributed by atoms with E-state index >= 15 is 0 Å². The first kappa shape index (κ1) is 15.1. The average molecular weight is 288 g/mol. The van der Waals surface area contributed by atoms with Crippen LogP contribution in [0.25, 0.3) is 0 Å². The van der Waals surface area contributed by atoms with Gasteiger partial charge < -0.3 is 0 Å². The molecule has 0 aromatic heterocycles. The van der Waals surface area contributed by atoms with Crippen molar-refractivity contribution >= 4 is 24.7 Å². The van der Waals surface area contributed by atoms with Gasteiger partial charge in [0.25, 0.3) is 0 Å². The molecule has 98 valence electrons. The molecule has 1 aliphatic rings. The molecule has 0 saturated carbocycles. The lowest BCUT2D eigenvalue weighted by Crippen LogP contribution is -2.16. The van der Waals surface area contributed by atoms with Crippen LogP contribution in [-0.2, 0) is 30.6 Å². The monoisotopic (exact) mass is 288 g/mol. The fourth-order valence-corrected chi connectivity index (χ4v) is 2.08. The first-order valence-electron chi connectivity index (χ1n) is 5.48. The number of hydrogen-bond donors (Lipinski definition) is 0. The van der Waals surface area contributed by atoms with Crippen LogP contribution in [0.15, 0.2) is 36.1 Å². The molecule has 0 heterocycles. The van der Waals surface area contributed by atoms with Gasteiger partial charge in [0.15, 0.2) is 5.78 Å². The zero-order chi connectivity index (χ0) is 13.4. The molecule has 0 N–H and O–H groups in total. The maximum Gasteiger partial charge on any atom is 0.548 e. The van der Waals surface area contributed by atoms with E-state index in [0.717, 1.165) is 5.57 Å². The second kappa shape index (κ2) is 8.24. The van der Waals surface area contributed by atoms with Gasteiger partial charge in [-0.15, -0.1) is 4.52 Å². The van der Waals surface area contributed by atoms with Crippen LogP contribution in [0.5, 0.6) is 0 Å². The standard InChI is InChI=1S/C11H15NO4PS/c1-3-14-12(16-17(18)15-4-2)9-10-5-7-11(13)8-6-10/h5-9H,3-4H2,1-2H3/q+1. The predicted octanol–water partition coefficient (Wildman–Crippen LogP) is 2.56. The smallest absolute Gasteiger partial charge is 0.290 e. The molecule has 0 aromatic rings. The van der Waals surface area contributed by atoms with Gasteiger partial charge in [0.05, 0.1) is 12.8 Å². The highest BCUT2D eigenvalue weighted by Crippen LogP contribution is 2.26. The van der Waals surface area contributed by atoms with Crippen molar-refractivity contribution in [3.05, 3.63) is 36.1 Å². The SMILES string of the molecule is CCON(C=C1C=CC(=O)C=C1)O[P+](=S)OCC. The number of nitrogens with zero attached hydrogens (tertiary/aromatic N) is 1. The fraction of sp³-hybridized carbons (Fsp3) is 0.364. The van der Waals surface area contributed by atoms with Gasteiger partial charge in [0, 0.05) is 4.62 Å². The second-order valence-corrected chi connectivity index (χ2v) is 4.89. The van der Waals surface area contributed by atoms with Crippen LogP contribution in [0.2, 0.25) is 0 Å². The number of carbonyl (C=O) groups excluding carboxylic acids is 1. The number of carbonyl (C=O) groups is 1. The number of ketones is 1. The molecule has 0 spiro atoms. The molecule has 1 atom stereocenters. The number of rotatable bonds is 7. The zero-order valence-corrected chi connectivity index (χ0v) is 11.9. The quantitative estimate of drug-likeness (QED) is 0.530. The maximum atomic E-state index is 11.0. The molecule has 0 fully saturated rings. The summed E-state index contributed by atoms with van der Waals surface area (Å²) in [6.45, 7) is 4.59. The minimum atomic E-state index is -1.44. The summed E-state index contributed by atoms with van der Waals surface area (Å²) >= 11 is 4.99. The second-order valence-electron chi connectivity index (χ2n) is 3.12.